The minimum absolute atomic E-state index is 0.00861. The van der Waals surface area contributed by atoms with E-state index in [9.17, 15) is 14.4 Å². The third kappa shape index (κ3) is 1.35. The molecule has 86 valence electrons. The summed E-state index contributed by atoms with van der Waals surface area (Å²) < 4.78 is 0. The topological polar surface area (TPSA) is 74.7 Å². The Bertz CT molecular complexity index is 407. The monoisotopic (exact) mass is 223 g/mol. The summed E-state index contributed by atoms with van der Waals surface area (Å²) >= 11 is 0. The Kier molecular flexibility index (Phi) is 2.15. The van der Waals surface area contributed by atoms with Gasteiger partial charge in [0.15, 0.2) is 0 Å². The molecule has 2 aliphatic rings. The van der Waals surface area contributed by atoms with Crippen LogP contribution in [-0.4, -0.2) is 34.3 Å². The van der Waals surface area contributed by atoms with Gasteiger partial charge in [-0.15, -0.1) is 0 Å². The number of carboxylic acids is 1. The van der Waals surface area contributed by atoms with Crippen LogP contribution < -0.4 is 0 Å². The van der Waals surface area contributed by atoms with Crippen molar-refractivity contribution in [1.82, 2.24) is 4.90 Å². The molecule has 1 saturated carbocycles. The van der Waals surface area contributed by atoms with Gasteiger partial charge in [-0.25, -0.2) is 0 Å². The predicted molar refractivity (Wildman–Crippen MR) is 54.4 cm³/mol. The Hall–Kier alpha value is -1.65. The normalized spacial score (nSPS) is 23.0. The summed E-state index contributed by atoms with van der Waals surface area (Å²) in [5.41, 5.74) is -0.0340. The van der Waals surface area contributed by atoms with Gasteiger partial charge in [0.25, 0.3) is 11.8 Å². The summed E-state index contributed by atoms with van der Waals surface area (Å²) in [6.07, 6.45) is 1.08. The molecule has 1 fully saturated rings. The lowest BCUT2D eigenvalue weighted by atomic mass is 10.1. The lowest BCUT2D eigenvalue weighted by Crippen LogP contribution is -2.39. The van der Waals surface area contributed by atoms with Crippen molar-refractivity contribution in [1.29, 1.82) is 0 Å². The fourth-order valence-corrected chi connectivity index (χ4v) is 1.85. The first-order valence-corrected chi connectivity index (χ1v) is 5.16. The maximum atomic E-state index is 11.7. The van der Waals surface area contributed by atoms with Crippen molar-refractivity contribution in [2.24, 2.45) is 5.41 Å². The Morgan fingerprint density at radius 3 is 2.00 bits per heavy atom. The van der Waals surface area contributed by atoms with E-state index in [1.807, 2.05) is 0 Å². The second-order valence-electron chi connectivity index (χ2n) is 4.53. The maximum Gasteiger partial charge on any atom is 0.311 e. The molecule has 5 heteroatoms. The molecular weight excluding hydrogens is 210 g/mol. The van der Waals surface area contributed by atoms with Crippen molar-refractivity contribution in [3.8, 4) is 0 Å². The average Bonchev–Trinajstić information content (AvgIpc) is 2.99. The van der Waals surface area contributed by atoms with E-state index in [1.165, 1.54) is 0 Å². The molecule has 0 aromatic heterocycles. The Morgan fingerprint density at radius 1 is 1.25 bits per heavy atom. The number of carbonyl (C=O) groups excluding carboxylic acids is 2. The van der Waals surface area contributed by atoms with Gasteiger partial charge in [0.2, 0.25) is 0 Å². The Morgan fingerprint density at radius 2 is 1.69 bits per heavy atom. The number of aliphatic carboxylic acids is 1. The SMILES string of the molecule is CC1=C(C)C(=O)N(CC2(C(=O)O)CC2)C1=O. The van der Waals surface area contributed by atoms with Gasteiger partial charge in [-0.3, -0.25) is 19.3 Å². The molecule has 0 aromatic rings. The zero-order valence-electron chi connectivity index (χ0n) is 9.24. The molecule has 16 heavy (non-hydrogen) atoms. The summed E-state index contributed by atoms with van der Waals surface area (Å²) in [6, 6.07) is 0. The van der Waals surface area contributed by atoms with E-state index in [2.05, 4.69) is 0 Å². The fourth-order valence-electron chi connectivity index (χ4n) is 1.85. The van der Waals surface area contributed by atoms with Crippen LogP contribution in [0.5, 0.6) is 0 Å². The standard InChI is InChI=1S/C11H13NO4/c1-6-7(2)9(14)12(8(6)13)5-11(3-4-11)10(15)16/h3-5H2,1-2H3,(H,15,16). The highest BCUT2D eigenvalue weighted by atomic mass is 16.4. The molecule has 0 spiro atoms. The van der Waals surface area contributed by atoms with Crippen LogP contribution >= 0.6 is 0 Å². The quantitative estimate of drug-likeness (QED) is 0.709. The molecule has 1 N–H and O–H groups in total. The van der Waals surface area contributed by atoms with Crippen molar-refractivity contribution in [3.05, 3.63) is 11.1 Å². The predicted octanol–water partition coefficient (Wildman–Crippen LogP) is 0.556. The molecule has 0 aromatic carbocycles. The van der Waals surface area contributed by atoms with Crippen LogP contribution in [0.15, 0.2) is 11.1 Å². The highest BCUT2D eigenvalue weighted by Crippen LogP contribution is 2.47. The number of carbonyl (C=O) groups is 3. The summed E-state index contributed by atoms with van der Waals surface area (Å²) in [6.45, 7) is 3.19. The van der Waals surface area contributed by atoms with Gasteiger partial charge in [0.05, 0.1) is 5.41 Å². The number of carboxylic acid groups (broad SMARTS) is 1. The summed E-state index contributed by atoms with van der Waals surface area (Å²) in [5, 5.41) is 9.01. The number of imide groups is 1. The van der Waals surface area contributed by atoms with Crippen LogP contribution in [0.3, 0.4) is 0 Å². The summed E-state index contributed by atoms with van der Waals surface area (Å²) in [4.78, 5) is 35.5. The lowest BCUT2D eigenvalue weighted by Gasteiger charge is -2.19. The first kappa shape index (κ1) is 10.9. The zero-order valence-corrected chi connectivity index (χ0v) is 9.24. The van der Waals surface area contributed by atoms with Gasteiger partial charge in [0.1, 0.15) is 0 Å². The lowest BCUT2D eigenvalue weighted by molar-refractivity contribution is -0.146. The van der Waals surface area contributed by atoms with E-state index in [0.717, 1.165) is 4.90 Å². The van der Waals surface area contributed by atoms with Crippen molar-refractivity contribution in [3.63, 3.8) is 0 Å². The molecule has 2 rings (SSSR count). The summed E-state index contributed by atoms with van der Waals surface area (Å²) in [5.74, 6) is -1.62. The maximum absolute atomic E-state index is 11.7. The molecule has 1 aliphatic carbocycles. The van der Waals surface area contributed by atoms with Crippen molar-refractivity contribution >= 4 is 17.8 Å². The molecule has 1 heterocycles. The first-order valence-electron chi connectivity index (χ1n) is 5.16. The Balaban J connectivity index is 2.18. The van der Waals surface area contributed by atoms with E-state index in [1.54, 1.807) is 13.8 Å². The molecule has 0 radical (unpaired) electrons. The van der Waals surface area contributed by atoms with E-state index in [-0.39, 0.29) is 18.4 Å². The number of rotatable bonds is 3. The third-order valence-corrected chi connectivity index (χ3v) is 3.46. The van der Waals surface area contributed by atoms with Gasteiger partial charge in [-0.1, -0.05) is 0 Å². The van der Waals surface area contributed by atoms with E-state index < -0.39 is 11.4 Å². The van der Waals surface area contributed by atoms with E-state index in [0.29, 0.717) is 24.0 Å². The van der Waals surface area contributed by atoms with E-state index >= 15 is 0 Å². The summed E-state index contributed by atoms with van der Waals surface area (Å²) in [7, 11) is 0. The molecule has 2 amide bonds. The number of hydrogen-bond acceptors (Lipinski definition) is 3. The molecule has 1 aliphatic heterocycles. The van der Waals surface area contributed by atoms with Crippen molar-refractivity contribution in [2.75, 3.05) is 6.54 Å². The molecule has 0 saturated heterocycles. The highest BCUT2D eigenvalue weighted by molar-refractivity contribution is 6.18. The van der Waals surface area contributed by atoms with Crippen molar-refractivity contribution < 1.29 is 19.5 Å². The largest absolute Gasteiger partial charge is 0.481 e. The van der Waals surface area contributed by atoms with Crippen LogP contribution in [0.1, 0.15) is 26.7 Å². The van der Waals surface area contributed by atoms with Crippen LogP contribution in [-0.2, 0) is 14.4 Å². The zero-order chi connectivity index (χ0) is 12.1. The molecule has 0 bridgehead atoms. The Labute approximate surface area is 92.7 Å². The van der Waals surface area contributed by atoms with Gasteiger partial charge in [-0.2, -0.15) is 0 Å². The van der Waals surface area contributed by atoms with Crippen molar-refractivity contribution in [2.45, 2.75) is 26.7 Å². The first-order chi connectivity index (χ1) is 7.39. The molecular formula is C11H13NO4. The average molecular weight is 223 g/mol. The minimum atomic E-state index is -0.921. The molecule has 0 atom stereocenters. The van der Waals surface area contributed by atoms with Crippen LogP contribution in [0.2, 0.25) is 0 Å². The molecule has 0 unspecified atom stereocenters. The van der Waals surface area contributed by atoms with Gasteiger partial charge < -0.3 is 5.11 Å². The number of hydrogen-bond donors (Lipinski definition) is 1. The van der Waals surface area contributed by atoms with Crippen LogP contribution in [0.4, 0.5) is 0 Å². The second kappa shape index (κ2) is 3.17. The highest BCUT2D eigenvalue weighted by Gasteiger charge is 2.53. The smallest absolute Gasteiger partial charge is 0.311 e. The fraction of sp³-hybridized carbons (Fsp3) is 0.545. The number of amides is 2. The van der Waals surface area contributed by atoms with E-state index in [4.69, 9.17) is 5.11 Å². The van der Waals surface area contributed by atoms with Crippen LogP contribution in [0.25, 0.3) is 0 Å². The molecule has 5 nitrogen and oxygen atoms in total. The van der Waals surface area contributed by atoms with Crippen LogP contribution in [0, 0.1) is 5.41 Å². The minimum Gasteiger partial charge on any atom is -0.481 e. The van der Waals surface area contributed by atoms with Gasteiger partial charge in [0, 0.05) is 17.7 Å². The van der Waals surface area contributed by atoms with Gasteiger partial charge in [-0.05, 0) is 26.7 Å². The third-order valence-electron chi connectivity index (χ3n) is 3.46. The second-order valence-corrected chi connectivity index (χ2v) is 4.53. The number of nitrogens with zero attached hydrogens (tertiary/aromatic N) is 1. The van der Waals surface area contributed by atoms with Gasteiger partial charge >= 0.3 is 5.97 Å².